The highest BCUT2D eigenvalue weighted by Gasteiger charge is 2.08. The molecule has 1 aromatic carbocycles. The zero-order chi connectivity index (χ0) is 15.2. The van der Waals surface area contributed by atoms with Gasteiger partial charge in [0.25, 0.3) is 0 Å². The van der Waals surface area contributed by atoms with Gasteiger partial charge in [-0.3, -0.25) is 10.4 Å². The van der Waals surface area contributed by atoms with Gasteiger partial charge in [0.05, 0.1) is 5.69 Å². The summed E-state index contributed by atoms with van der Waals surface area (Å²) in [5.74, 6) is 0.671. The topological polar surface area (TPSA) is 50.2 Å². The Hall–Kier alpha value is -2.72. The number of pyridine rings is 2. The summed E-state index contributed by atoms with van der Waals surface area (Å²) >= 11 is 5.95. The first kappa shape index (κ1) is 14.2. The van der Waals surface area contributed by atoms with Gasteiger partial charge in [-0.2, -0.15) is 5.10 Å². The first-order valence-corrected chi connectivity index (χ1v) is 7.13. The van der Waals surface area contributed by atoms with Crippen LogP contribution < -0.4 is 5.43 Å². The molecule has 1 N–H and O–H groups in total. The van der Waals surface area contributed by atoms with Crippen molar-refractivity contribution in [1.82, 2.24) is 9.97 Å². The number of nitrogens with zero attached hydrogens (tertiary/aromatic N) is 3. The largest absolute Gasteiger partial charge is 0.261 e. The van der Waals surface area contributed by atoms with Gasteiger partial charge in [0, 0.05) is 23.0 Å². The summed E-state index contributed by atoms with van der Waals surface area (Å²) in [4.78, 5) is 8.56. The molecule has 0 fully saturated rings. The molecule has 0 saturated carbocycles. The Morgan fingerprint density at radius 3 is 2.23 bits per heavy atom. The van der Waals surface area contributed by atoms with Crippen molar-refractivity contribution in [2.45, 2.75) is 0 Å². The second-order valence-corrected chi connectivity index (χ2v) is 4.95. The number of hydrazone groups is 1. The molecule has 2 heterocycles. The molecule has 0 aliphatic carbocycles. The quantitative estimate of drug-likeness (QED) is 0.585. The smallest absolute Gasteiger partial charge is 0.146 e. The third-order valence-corrected chi connectivity index (χ3v) is 3.22. The van der Waals surface area contributed by atoms with E-state index in [-0.39, 0.29) is 0 Å². The van der Waals surface area contributed by atoms with Gasteiger partial charge < -0.3 is 0 Å². The second-order valence-electron chi connectivity index (χ2n) is 4.51. The fourth-order valence-corrected chi connectivity index (χ4v) is 2.05. The fraction of sp³-hybridized carbons (Fsp3) is 0. The summed E-state index contributed by atoms with van der Waals surface area (Å²) in [7, 11) is 0. The lowest BCUT2D eigenvalue weighted by atomic mass is 10.1. The number of rotatable bonds is 4. The summed E-state index contributed by atoms with van der Waals surface area (Å²) in [6.07, 6.45) is 3.45. The Morgan fingerprint density at radius 1 is 0.864 bits per heavy atom. The first-order valence-electron chi connectivity index (χ1n) is 6.75. The van der Waals surface area contributed by atoms with Crippen LogP contribution in [0.4, 0.5) is 5.82 Å². The van der Waals surface area contributed by atoms with Crippen molar-refractivity contribution in [2.24, 2.45) is 5.10 Å². The number of anilines is 1. The summed E-state index contributed by atoms with van der Waals surface area (Å²) < 4.78 is 0. The van der Waals surface area contributed by atoms with E-state index in [1.807, 2.05) is 60.7 Å². The molecule has 0 amide bonds. The van der Waals surface area contributed by atoms with Gasteiger partial charge in [-0.05, 0) is 36.4 Å². The number of hydrogen-bond acceptors (Lipinski definition) is 4. The second kappa shape index (κ2) is 6.83. The molecule has 0 saturated heterocycles. The van der Waals surface area contributed by atoms with Crippen LogP contribution in [0.5, 0.6) is 0 Å². The normalized spacial score (nSPS) is 11.2. The lowest BCUT2D eigenvalue weighted by molar-refractivity contribution is 1.21. The molecule has 3 aromatic rings. The number of halogens is 1. The van der Waals surface area contributed by atoms with E-state index < -0.39 is 0 Å². The van der Waals surface area contributed by atoms with Gasteiger partial charge >= 0.3 is 0 Å². The zero-order valence-corrected chi connectivity index (χ0v) is 12.4. The van der Waals surface area contributed by atoms with Crippen molar-refractivity contribution < 1.29 is 0 Å². The van der Waals surface area contributed by atoms with Crippen LogP contribution in [-0.4, -0.2) is 15.7 Å². The molecule has 108 valence electrons. The molecule has 3 rings (SSSR count). The average molecular weight is 309 g/mol. The lowest BCUT2D eigenvalue weighted by Crippen LogP contribution is -2.08. The minimum absolute atomic E-state index is 0.671. The third kappa shape index (κ3) is 3.48. The van der Waals surface area contributed by atoms with Gasteiger partial charge in [-0.1, -0.05) is 35.9 Å². The number of hydrogen-bond donors (Lipinski definition) is 1. The Bertz CT molecular complexity index is 756. The minimum Gasteiger partial charge on any atom is -0.261 e. The molecular formula is C17H13ClN4. The molecule has 0 atom stereocenters. The maximum absolute atomic E-state index is 5.95. The highest BCUT2D eigenvalue weighted by atomic mass is 35.5. The predicted molar refractivity (Wildman–Crippen MR) is 89.2 cm³/mol. The average Bonchev–Trinajstić information content (AvgIpc) is 2.58. The van der Waals surface area contributed by atoms with Crippen molar-refractivity contribution in [3.63, 3.8) is 0 Å². The van der Waals surface area contributed by atoms with E-state index in [4.69, 9.17) is 11.6 Å². The number of nitrogens with one attached hydrogen (secondary N) is 1. The van der Waals surface area contributed by atoms with E-state index in [2.05, 4.69) is 20.5 Å². The van der Waals surface area contributed by atoms with E-state index in [9.17, 15) is 0 Å². The molecule has 2 aromatic heterocycles. The maximum atomic E-state index is 5.95. The van der Waals surface area contributed by atoms with Gasteiger partial charge in [0.15, 0.2) is 0 Å². The van der Waals surface area contributed by atoms with E-state index in [1.165, 1.54) is 0 Å². The van der Waals surface area contributed by atoms with Crippen molar-refractivity contribution in [3.05, 3.63) is 89.3 Å². The molecular weight excluding hydrogens is 296 g/mol. The van der Waals surface area contributed by atoms with Crippen LogP contribution in [0.15, 0.2) is 78.2 Å². The van der Waals surface area contributed by atoms with Crippen LogP contribution in [0.1, 0.15) is 11.3 Å². The third-order valence-electron chi connectivity index (χ3n) is 2.97. The predicted octanol–water partition coefficient (Wildman–Crippen LogP) is 3.99. The first-order chi connectivity index (χ1) is 10.8. The van der Waals surface area contributed by atoms with E-state index in [0.717, 1.165) is 17.0 Å². The molecule has 0 bridgehead atoms. The molecule has 5 heteroatoms. The van der Waals surface area contributed by atoms with Crippen molar-refractivity contribution in [2.75, 3.05) is 5.43 Å². The fourth-order valence-electron chi connectivity index (χ4n) is 1.92. The van der Waals surface area contributed by atoms with Gasteiger partial charge in [-0.15, -0.1) is 0 Å². The molecule has 0 aliphatic heterocycles. The molecule has 0 aliphatic rings. The highest BCUT2D eigenvalue weighted by molar-refractivity contribution is 6.30. The zero-order valence-electron chi connectivity index (χ0n) is 11.6. The SMILES string of the molecule is Clc1ccc(/C(=N/Nc2ccccn2)c2ccccn2)cc1. The van der Waals surface area contributed by atoms with Gasteiger partial charge in [-0.25, -0.2) is 4.98 Å². The standard InChI is InChI=1S/C17H13ClN4/c18-14-9-7-13(8-10-14)17(15-5-1-3-11-19-15)22-21-16-6-2-4-12-20-16/h1-12H,(H,20,21)/b22-17-. The van der Waals surface area contributed by atoms with Crippen LogP contribution in [0.25, 0.3) is 0 Å². The number of benzene rings is 1. The number of aromatic nitrogens is 2. The van der Waals surface area contributed by atoms with Crippen LogP contribution in [0.2, 0.25) is 5.02 Å². The van der Waals surface area contributed by atoms with Crippen LogP contribution in [0, 0.1) is 0 Å². The van der Waals surface area contributed by atoms with Crippen LogP contribution in [0.3, 0.4) is 0 Å². The molecule has 22 heavy (non-hydrogen) atoms. The molecule has 4 nitrogen and oxygen atoms in total. The molecule has 0 radical (unpaired) electrons. The molecule has 0 unspecified atom stereocenters. The van der Waals surface area contributed by atoms with Gasteiger partial charge in [0.1, 0.15) is 11.5 Å². The van der Waals surface area contributed by atoms with Crippen molar-refractivity contribution in [3.8, 4) is 0 Å². The van der Waals surface area contributed by atoms with Crippen LogP contribution >= 0.6 is 11.6 Å². The van der Waals surface area contributed by atoms with Crippen molar-refractivity contribution >= 4 is 23.1 Å². The highest BCUT2D eigenvalue weighted by Crippen LogP contribution is 2.14. The lowest BCUT2D eigenvalue weighted by Gasteiger charge is -2.07. The minimum atomic E-state index is 0.671. The monoisotopic (exact) mass is 308 g/mol. The van der Waals surface area contributed by atoms with Gasteiger partial charge in [0.2, 0.25) is 0 Å². The summed E-state index contributed by atoms with van der Waals surface area (Å²) in [6.45, 7) is 0. The summed E-state index contributed by atoms with van der Waals surface area (Å²) in [5.41, 5.74) is 5.38. The summed E-state index contributed by atoms with van der Waals surface area (Å²) in [5, 5.41) is 5.14. The van der Waals surface area contributed by atoms with E-state index >= 15 is 0 Å². The maximum Gasteiger partial charge on any atom is 0.146 e. The van der Waals surface area contributed by atoms with E-state index in [0.29, 0.717) is 10.8 Å². The van der Waals surface area contributed by atoms with Crippen molar-refractivity contribution in [1.29, 1.82) is 0 Å². The molecule has 0 spiro atoms. The Balaban J connectivity index is 1.98. The van der Waals surface area contributed by atoms with Crippen LogP contribution in [-0.2, 0) is 0 Å². The Morgan fingerprint density at radius 2 is 1.59 bits per heavy atom. The van der Waals surface area contributed by atoms with E-state index in [1.54, 1.807) is 12.4 Å². The summed E-state index contributed by atoms with van der Waals surface area (Å²) in [6, 6.07) is 18.8. The Kier molecular flexibility index (Phi) is 4.41. The Labute approximate surface area is 133 Å².